The molecule has 0 saturated carbocycles. The van der Waals surface area contributed by atoms with Gasteiger partial charge in [-0.15, -0.1) is 0 Å². The lowest BCUT2D eigenvalue weighted by Gasteiger charge is -2.05. The van der Waals surface area contributed by atoms with Crippen molar-refractivity contribution in [1.82, 2.24) is 0 Å². The summed E-state index contributed by atoms with van der Waals surface area (Å²) in [5.41, 5.74) is 5.58. The second-order valence-corrected chi connectivity index (χ2v) is 5.40. The predicted octanol–water partition coefficient (Wildman–Crippen LogP) is 4.78. The van der Waals surface area contributed by atoms with Crippen molar-refractivity contribution in [3.63, 3.8) is 0 Å². The normalized spacial score (nSPS) is 10.6. The fourth-order valence-corrected chi connectivity index (χ4v) is 2.52. The molecule has 2 aromatic carbocycles. The van der Waals surface area contributed by atoms with Crippen LogP contribution in [0.25, 0.3) is 0 Å². The van der Waals surface area contributed by atoms with Crippen LogP contribution in [0, 0.1) is 0 Å². The third-order valence-electron chi connectivity index (χ3n) is 3.25. The van der Waals surface area contributed by atoms with Gasteiger partial charge in [0.15, 0.2) is 0 Å². The van der Waals surface area contributed by atoms with Crippen LogP contribution >= 0.6 is 15.9 Å². The number of halogens is 1. The van der Waals surface area contributed by atoms with E-state index in [2.05, 4.69) is 71.4 Å². The van der Waals surface area contributed by atoms with Gasteiger partial charge < -0.3 is 0 Å². The van der Waals surface area contributed by atoms with Gasteiger partial charge in [-0.05, 0) is 41.5 Å². The second-order valence-electron chi connectivity index (χ2n) is 4.60. The van der Waals surface area contributed by atoms with Gasteiger partial charge in [-0.3, -0.25) is 0 Å². The molecule has 1 heteroatoms. The molecule has 2 aromatic rings. The van der Waals surface area contributed by atoms with Crippen molar-refractivity contribution >= 4 is 15.9 Å². The lowest BCUT2D eigenvalue weighted by atomic mass is 10.0. The molecule has 0 aliphatic heterocycles. The van der Waals surface area contributed by atoms with Crippen molar-refractivity contribution < 1.29 is 0 Å². The third-order valence-corrected chi connectivity index (χ3v) is 3.64. The molecule has 0 bridgehead atoms. The van der Waals surface area contributed by atoms with Crippen LogP contribution in [0.1, 0.15) is 29.2 Å². The van der Waals surface area contributed by atoms with Gasteiger partial charge in [-0.25, -0.2) is 0 Å². The SMILES string of the molecule is CCc1ccc(Cc2ccc(CCBr)cc2)cc1. The molecule has 0 unspecified atom stereocenters. The van der Waals surface area contributed by atoms with Gasteiger partial charge in [-0.1, -0.05) is 71.4 Å². The summed E-state index contributed by atoms with van der Waals surface area (Å²) < 4.78 is 0. The summed E-state index contributed by atoms with van der Waals surface area (Å²) in [6, 6.07) is 17.9. The molecule has 0 spiro atoms. The molecule has 0 amide bonds. The molecule has 0 saturated heterocycles. The molecule has 94 valence electrons. The van der Waals surface area contributed by atoms with Crippen molar-refractivity contribution in [3.8, 4) is 0 Å². The summed E-state index contributed by atoms with van der Waals surface area (Å²) in [4.78, 5) is 0. The first kappa shape index (κ1) is 13.4. The first-order valence-electron chi connectivity index (χ1n) is 6.53. The number of aryl methyl sites for hydroxylation is 2. The summed E-state index contributed by atoms with van der Waals surface area (Å²) in [6.45, 7) is 2.19. The van der Waals surface area contributed by atoms with E-state index in [1.807, 2.05) is 0 Å². The van der Waals surface area contributed by atoms with Gasteiger partial charge in [0.05, 0.1) is 0 Å². The highest BCUT2D eigenvalue weighted by Gasteiger charge is 1.98. The highest BCUT2D eigenvalue weighted by atomic mass is 79.9. The summed E-state index contributed by atoms with van der Waals surface area (Å²) >= 11 is 3.47. The molecular formula is C17H19Br. The predicted molar refractivity (Wildman–Crippen MR) is 82.6 cm³/mol. The number of hydrogen-bond donors (Lipinski definition) is 0. The molecule has 0 nitrogen and oxygen atoms in total. The van der Waals surface area contributed by atoms with Gasteiger partial charge in [0.2, 0.25) is 0 Å². The van der Waals surface area contributed by atoms with Crippen LogP contribution in [0.4, 0.5) is 0 Å². The van der Waals surface area contributed by atoms with E-state index in [1.165, 1.54) is 22.3 Å². The zero-order chi connectivity index (χ0) is 12.8. The third kappa shape index (κ3) is 3.71. The maximum Gasteiger partial charge on any atom is 0.00718 e. The van der Waals surface area contributed by atoms with E-state index in [1.54, 1.807) is 0 Å². The standard InChI is InChI=1S/C17H19Br/c1-2-14-3-7-16(8-4-14)13-17-9-5-15(6-10-17)11-12-18/h3-10H,2,11-13H2,1H3. The van der Waals surface area contributed by atoms with Crippen molar-refractivity contribution in [1.29, 1.82) is 0 Å². The minimum atomic E-state index is 1.03. The Bertz CT molecular complexity index is 468. The van der Waals surface area contributed by atoms with Crippen molar-refractivity contribution in [2.24, 2.45) is 0 Å². The Kier molecular flexibility index (Phi) is 5.00. The summed E-state index contributed by atoms with van der Waals surface area (Å²) in [5, 5.41) is 1.03. The molecular weight excluding hydrogens is 284 g/mol. The maximum atomic E-state index is 3.47. The molecule has 0 heterocycles. The molecule has 0 aromatic heterocycles. The van der Waals surface area contributed by atoms with Crippen LogP contribution in [-0.2, 0) is 19.3 Å². The van der Waals surface area contributed by atoms with Crippen LogP contribution in [0.3, 0.4) is 0 Å². The molecule has 0 radical (unpaired) electrons. The fraction of sp³-hybridized carbons (Fsp3) is 0.294. The van der Waals surface area contributed by atoms with Gasteiger partial charge in [0.1, 0.15) is 0 Å². The minimum absolute atomic E-state index is 1.03. The molecule has 18 heavy (non-hydrogen) atoms. The lowest BCUT2D eigenvalue weighted by Crippen LogP contribution is -1.91. The first-order valence-corrected chi connectivity index (χ1v) is 7.65. The Morgan fingerprint density at radius 2 is 1.17 bits per heavy atom. The lowest BCUT2D eigenvalue weighted by molar-refractivity contribution is 1.11. The van der Waals surface area contributed by atoms with Crippen LogP contribution in [-0.4, -0.2) is 5.33 Å². The van der Waals surface area contributed by atoms with Gasteiger partial charge >= 0.3 is 0 Å². The van der Waals surface area contributed by atoms with Crippen LogP contribution < -0.4 is 0 Å². The molecule has 0 N–H and O–H groups in total. The van der Waals surface area contributed by atoms with E-state index < -0.39 is 0 Å². The van der Waals surface area contributed by atoms with E-state index >= 15 is 0 Å². The van der Waals surface area contributed by atoms with Crippen molar-refractivity contribution in [2.45, 2.75) is 26.2 Å². The molecule has 0 aliphatic carbocycles. The Hall–Kier alpha value is -1.08. The largest absolute Gasteiger partial charge is 0.0924 e. The highest BCUT2D eigenvalue weighted by molar-refractivity contribution is 9.09. The van der Waals surface area contributed by atoms with Crippen LogP contribution in [0.2, 0.25) is 0 Å². The first-order chi connectivity index (χ1) is 8.81. The van der Waals surface area contributed by atoms with Crippen molar-refractivity contribution in [2.75, 3.05) is 5.33 Å². The number of benzene rings is 2. The van der Waals surface area contributed by atoms with Crippen molar-refractivity contribution in [3.05, 3.63) is 70.8 Å². The molecule has 0 atom stereocenters. The zero-order valence-corrected chi connectivity index (χ0v) is 12.4. The van der Waals surface area contributed by atoms with E-state index in [0.29, 0.717) is 0 Å². The summed E-state index contributed by atoms with van der Waals surface area (Å²) in [5.74, 6) is 0. The van der Waals surface area contributed by atoms with E-state index in [9.17, 15) is 0 Å². The van der Waals surface area contributed by atoms with Crippen LogP contribution in [0.15, 0.2) is 48.5 Å². The van der Waals surface area contributed by atoms with Gasteiger partial charge in [-0.2, -0.15) is 0 Å². The smallest absolute Gasteiger partial charge is 0.00718 e. The number of hydrogen-bond acceptors (Lipinski definition) is 0. The topological polar surface area (TPSA) is 0 Å². The quantitative estimate of drug-likeness (QED) is 0.698. The monoisotopic (exact) mass is 302 g/mol. The van der Waals surface area contributed by atoms with E-state index in [-0.39, 0.29) is 0 Å². The zero-order valence-electron chi connectivity index (χ0n) is 10.8. The van der Waals surface area contributed by atoms with E-state index in [4.69, 9.17) is 0 Å². The Balaban J connectivity index is 2.03. The average molecular weight is 303 g/mol. The molecule has 0 fully saturated rings. The van der Waals surface area contributed by atoms with Gasteiger partial charge in [0, 0.05) is 5.33 Å². The summed E-state index contributed by atoms with van der Waals surface area (Å²) in [7, 11) is 0. The summed E-state index contributed by atoms with van der Waals surface area (Å²) in [6.07, 6.45) is 3.24. The second kappa shape index (κ2) is 6.75. The molecule has 0 aliphatic rings. The maximum absolute atomic E-state index is 3.47. The highest BCUT2D eigenvalue weighted by Crippen LogP contribution is 2.13. The Labute approximate surface area is 118 Å². The minimum Gasteiger partial charge on any atom is -0.0924 e. The average Bonchev–Trinajstić information content (AvgIpc) is 2.42. The number of rotatable bonds is 5. The Morgan fingerprint density at radius 3 is 1.61 bits per heavy atom. The van der Waals surface area contributed by atoms with Gasteiger partial charge in [0.25, 0.3) is 0 Å². The molecule has 2 rings (SSSR count). The number of alkyl halides is 1. The van der Waals surface area contributed by atoms with E-state index in [0.717, 1.165) is 24.6 Å². The fourth-order valence-electron chi connectivity index (χ4n) is 2.06. The van der Waals surface area contributed by atoms with Crippen LogP contribution in [0.5, 0.6) is 0 Å². The Morgan fingerprint density at radius 1 is 0.722 bits per heavy atom.